The van der Waals surface area contributed by atoms with Crippen LogP contribution < -0.4 is 23.2 Å². The normalized spacial score (nSPS) is 11.0. The zero-order valence-electron chi connectivity index (χ0n) is 25.6. The van der Waals surface area contributed by atoms with Crippen LogP contribution in [0.5, 0.6) is 23.0 Å². The van der Waals surface area contributed by atoms with Gasteiger partial charge in [-0.3, -0.25) is 0 Å². The van der Waals surface area contributed by atoms with Crippen molar-refractivity contribution in [2.45, 2.75) is 17.1 Å². The summed E-state index contributed by atoms with van der Waals surface area (Å²) in [7, 11) is -9.07. The molecular formula is C29H24F2N9O7PS2. The molecule has 1 aromatic heterocycles. The molecule has 0 unspecified atom stereocenters. The van der Waals surface area contributed by atoms with Crippen molar-refractivity contribution in [1.82, 2.24) is 4.72 Å². The summed E-state index contributed by atoms with van der Waals surface area (Å²) in [6, 6.07) is 13.5. The summed E-state index contributed by atoms with van der Waals surface area (Å²) in [5, 5.41) is 25.4. The molecule has 0 fully saturated rings. The number of sulfonamides is 1. The van der Waals surface area contributed by atoms with E-state index in [9.17, 15) is 21.8 Å². The summed E-state index contributed by atoms with van der Waals surface area (Å²) in [6.45, 7) is 0.675. The summed E-state index contributed by atoms with van der Waals surface area (Å²) in [5.74, 6) is -2.23. The third-order valence-corrected chi connectivity index (χ3v) is 11.0. The number of benzene rings is 3. The molecule has 0 aliphatic carbocycles. The van der Waals surface area contributed by atoms with Gasteiger partial charge in [0, 0.05) is 45.8 Å². The van der Waals surface area contributed by atoms with E-state index in [0.29, 0.717) is 22.9 Å². The molecule has 4 aromatic rings. The van der Waals surface area contributed by atoms with Crippen molar-refractivity contribution in [3.05, 3.63) is 98.2 Å². The predicted octanol–water partition coefficient (Wildman–Crippen LogP) is 7.67. The van der Waals surface area contributed by atoms with Gasteiger partial charge in [-0.15, -0.1) is 11.3 Å². The summed E-state index contributed by atoms with van der Waals surface area (Å²) in [6.07, 6.45) is -0.229. The zero-order chi connectivity index (χ0) is 36.1. The van der Waals surface area contributed by atoms with E-state index in [1.165, 1.54) is 6.07 Å². The van der Waals surface area contributed by atoms with E-state index in [-0.39, 0.29) is 64.6 Å². The first-order chi connectivity index (χ1) is 24.0. The number of fused-ring (bicyclic) bond motifs is 1. The predicted molar refractivity (Wildman–Crippen MR) is 176 cm³/mol. The number of rotatable bonds is 18. The van der Waals surface area contributed by atoms with Crippen molar-refractivity contribution < 1.29 is 40.3 Å². The Bertz CT molecular complexity index is 2100. The fourth-order valence-electron chi connectivity index (χ4n) is 4.03. The maximum absolute atomic E-state index is 14.3. The van der Waals surface area contributed by atoms with E-state index in [0.717, 1.165) is 47.7 Å². The molecule has 50 heavy (non-hydrogen) atoms. The van der Waals surface area contributed by atoms with Crippen LogP contribution >= 0.6 is 18.9 Å². The number of thiophene rings is 1. The molecule has 4 rings (SSSR count). The molecule has 0 bridgehead atoms. The van der Waals surface area contributed by atoms with E-state index in [1.807, 2.05) is 0 Å². The minimum atomic E-state index is -4.64. The number of ether oxygens (including phenoxy) is 2. The van der Waals surface area contributed by atoms with Gasteiger partial charge in [0.2, 0.25) is 0 Å². The zero-order valence-corrected chi connectivity index (χ0v) is 28.1. The lowest BCUT2D eigenvalue weighted by atomic mass is 10.2. The van der Waals surface area contributed by atoms with Crippen LogP contribution in [0.4, 0.5) is 8.78 Å². The van der Waals surface area contributed by atoms with Gasteiger partial charge in [0.05, 0.1) is 24.3 Å². The van der Waals surface area contributed by atoms with Gasteiger partial charge in [-0.1, -0.05) is 10.2 Å². The molecule has 0 aliphatic rings. The molecular weight excluding hydrogens is 719 g/mol. The third-order valence-electron chi connectivity index (χ3n) is 6.33. The van der Waals surface area contributed by atoms with Crippen LogP contribution in [-0.4, -0.2) is 41.0 Å². The summed E-state index contributed by atoms with van der Waals surface area (Å²) in [4.78, 5) is 5.37. The van der Waals surface area contributed by atoms with Crippen molar-refractivity contribution >= 4 is 39.0 Å². The minimum Gasteiger partial charge on any atom is -0.490 e. The van der Waals surface area contributed by atoms with Crippen molar-refractivity contribution in [3.8, 4) is 35.1 Å². The molecule has 0 saturated carbocycles. The molecule has 1 heterocycles. The lowest BCUT2D eigenvalue weighted by Gasteiger charge is -2.20. The average Bonchev–Trinajstić information content (AvgIpc) is 3.51. The van der Waals surface area contributed by atoms with E-state index in [1.54, 1.807) is 24.3 Å². The number of azide groups is 2. The SMILES string of the molecule is N#Cc1ccc(OP(=O)(CNS(=O)(=O)c2cc3cc(OCCCN=[N+]=[N-])c(OCCCN=[N+]=[N-])cc3s2)Oc2ccc(C#N)c(F)c2)cc1F. The van der Waals surface area contributed by atoms with Crippen molar-refractivity contribution in [3.63, 3.8) is 0 Å². The highest BCUT2D eigenvalue weighted by Gasteiger charge is 2.32. The quantitative estimate of drug-likeness (QED) is 0.0345. The Morgan fingerprint density at radius 2 is 1.36 bits per heavy atom. The molecule has 0 saturated heterocycles. The highest BCUT2D eigenvalue weighted by molar-refractivity contribution is 7.92. The lowest BCUT2D eigenvalue weighted by Crippen LogP contribution is -2.26. The molecule has 0 amide bonds. The highest BCUT2D eigenvalue weighted by Crippen LogP contribution is 2.48. The third kappa shape index (κ3) is 9.97. The molecule has 21 heteroatoms. The van der Waals surface area contributed by atoms with Crippen molar-refractivity contribution in [2.75, 3.05) is 32.6 Å². The first-order valence-electron chi connectivity index (χ1n) is 14.2. The van der Waals surface area contributed by atoms with Gasteiger partial charge < -0.3 is 18.5 Å². The Kier molecular flexibility index (Phi) is 12.8. The van der Waals surface area contributed by atoms with E-state index >= 15 is 0 Å². The Hall–Kier alpha value is -5.58. The van der Waals surface area contributed by atoms with Crippen LogP contribution in [-0.2, 0) is 14.6 Å². The number of nitrogens with one attached hydrogen (secondary N) is 1. The minimum absolute atomic E-state index is 0.151. The molecule has 0 spiro atoms. The van der Waals surface area contributed by atoms with Gasteiger partial charge in [-0.2, -0.15) is 15.2 Å². The molecule has 3 aromatic carbocycles. The van der Waals surface area contributed by atoms with Crippen LogP contribution in [0.3, 0.4) is 0 Å². The van der Waals surface area contributed by atoms with E-state index < -0.39 is 35.5 Å². The van der Waals surface area contributed by atoms with Gasteiger partial charge in [0.1, 0.15) is 45.8 Å². The number of hydrogen-bond donors (Lipinski definition) is 1. The maximum atomic E-state index is 14.3. The van der Waals surface area contributed by atoms with Crippen LogP contribution in [0.1, 0.15) is 24.0 Å². The first kappa shape index (κ1) is 37.2. The lowest BCUT2D eigenvalue weighted by molar-refractivity contribution is 0.266. The number of nitriles is 2. The molecule has 1 N–H and O–H groups in total. The molecule has 16 nitrogen and oxygen atoms in total. The van der Waals surface area contributed by atoms with Gasteiger partial charge >= 0.3 is 7.60 Å². The Morgan fingerprint density at radius 3 is 1.84 bits per heavy atom. The second-order valence-electron chi connectivity index (χ2n) is 9.82. The smallest absolute Gasteiger partial charge is 0.445 e. The average molecular weight is 744 g/mol. The summed E-state index contributed by atoms with van der Waals surface area (Å²) in [5.41, 5.74) is 16.3. The molecule has 0 aliphatic heterocycles. The number of nitrogens with zero attached hydrogens (tertiary/aromatic N) is 8. The number of halogens is 2. The summed E-state index contributed by atoms with van der Waals surface area (Å²) < 4.78 is 94.3. The van der Waals surface area contributed by atoms with E-state index in [2.05, 4.69) is 24.8 Å². The fraction of sp³-hybridized carbons (Fsp3) is 0.241. The van der Waals surface area contributed by atoms with E-state index in [4.69, 9.17) is 40.1 Å². The van der Waals surface area contributed by atoms with Crippen LogP contribution in [0.15, 0.2) is 69.0 Å². The van der Waals surface area contributed by atoms with Crippen molar-refractivity contribution in [1.29, 1.82) is 10.5 Å². The first-order valence-corrected chi connectivity index (χ1v) is 18.3. The molecule has 0 atom stereocenters. The number of hydrogen-bond acceptors (Lipinski definition) is 12. The topological polar surface area (TPSA) is 245 Å². The Labute approximate surface area is 287 Å². The molecule has 258 valence electrons. The second-order valence-corrected chi connectivity index (χ2v) is 14.8. The van der Waals surface area contributed by atoms with Gasteiger partial charge in [-0.25, -0.2) is 21.8 Å². The second kappa shape index (κ2) is 17.2. The fourth-order valence-corrected chi connectivity index (χ4v) is 8.49. The van der Waals surface area contributed by atoms with Crippen LogP contribution in [0, 0.1) is 34.3 Å². The Balaban J connectivity index is 1.61. The van der Waals surface area contributed by atoms with Crippen LogP contribution in [0.25, 0.3) is 31.0 Å². The molecule has 0 radical (unpaired) electrons. The standard InChI is InChI=1S/C29H24F2N9O7PS2/c30-24-13-22(5-3-19(24)16-32)46-48(41,47-23-6-4-20(17-33)25(31)14-23)18-38-50(42,43)29-12-21-11-26(44-9-1-7-36-39-34)27(15-28(21)49-29)45-10-2-8-37-40-35/h3-6,11-15,38H,1-2,7-10,18H2. The summed E-state index contributed by atoms with van der Waals surface area (Å²) >= 11 is 0.841. The largest absolute Gasteiger partial charge is 0.490 e. The highest BCUT2D eigenvalue weighted by atomic mass is 32.2. The van der Waals surface area contributed by atoms with Crippen molar-refractivity contribution in [2.24, 2.45) is 10.2 Å². The van der Waals surface area contributed by atoms with Crippen LogP contribution in [0.2, 0.25) is 0 Å². The van der Waals surface area contributed by atoms with Gasteiger partial charge in [-0.05, 0) is 65.7 Å². The van der Waals surface area contributed by atoms with Gasteiger partial charge in [0.15, 0.2) is 11.5 Å². The Morgan fingerprint density at radius 1 is 0.840 bits per heavy atom. The monoisotopic (exact) mass is 743 g/mol. The van der Waals surface area contributed by atoms with Gasteiger partial charge in [0.25, 0.3) is 10.0 Å². The maximum Gasteiger partial charge on any atom is 0.445 e.